The van der Waals surface area contributed by atoms with E-state index in [2.05, 4.69) is 20.8 Å². The number of benzene rings is 2. The highest BCUT2D eigenvalue weighted by Crippen LogP contribution is 2.40. The minimum absolute atomic E-state index is 0.129. The summed E-state index contributed by atoms with van der Waals surface area (Å²) in [6, 6.07) is 10.5. The maximum Gasteiger partial charge on any atom is 0.274 e. The SMILES string of the molecule is COc1cc2c(cc1Br)OCCN2Cc1ccccc1[N+](=O)[O-]. The topological polar surface area (TPSA) is 64.8 Å². The zero-order valence-corrected chi connectivity index (χ0v) is 14.1. The standard InChI is InChI=1S/C16H15BrN2O4/c1-22-15-9-14-16(8-12(15)17)23-7-6-18(14)10-11-4-2-3-5-13(11)19(20)21/h2-5,8-9H,6-7,10H2,1H3. The zero-order valence-electron chi connectivity index (χ0n) is 12.5. The number of para-hydroxylation sites is 1. The molecule has 0 bridgehead atoms. The van der Waals surface area contributed by atoms with Crippen molar-refractivity contribution < 1.29 is 14.4 Å². The quantitative estimate of drug-likeness (QED) is 0.598. The molecular weight excluding hydrogens is 364 g/mol. The van der Waals surface area contributed by atoms with E-state index in [1.165, 1.54) is 6.07 Å². The number of hydrogen-bond acceptors (Lipinski definition) is 5. The molecule has 0 amide bonds. The van der Waals surface area contributed by atoms with Crippen molar-refractivity contribution in [2.75, 3.05) is 25.2 Å². The van der Waals surface area contributed by atoms with Crippen LogP contribution in [0.25, 0.3) is 0 Å². The Bertz CT molecular complexity index is 751. The van der Waals surface area contributed by atoms with Crippen LogP contribution in [0, 0.1) is 10.1 Å². The van der Waals surface area contributed by atoms with Crippen LogP contribution in [0.2, 0.25) is 0 Å². The fourth-order valence-corrected chi connectivity index (χ4v) is 3.11. The number of nitro benzene ring substituents is 1. The summed E-state index contributed by atoms with van der Waals surface area (Å²) >= 11 is 3.44. The molecule has 0 aliphatic carbocycles. The fourth-order valence-electron chi connectivity index (χ4n) is 2.62. The van der Waals surface area contributed by atoms with Crippen LogP contribution in [0.4, 0.5) is 11.4 Å². The lowest BCUT2D eigenvalue weighted by Gasteiger charge is -2.31. The number of nitrogens with zero attached hydrogens (tertiary/aromatic N) is 2. The van der Waals surface area contributed by atoms with E-state index in [-0.39, 0.29) is 10.6 Å². The number of anilines is 1. The summed E-state index contributed by atoms with van der Waals surface area (Å²) in [5.41, 5.74) is 1.67. The minimum Gasteiger partial charge on any atom is -0.495 e. The van der Waals surface area contributed by atoms with Crippen LogP contribution in [0.1, 0.15) is 5.56 Å². The van der Waals surface area contributed by atoms with Crippen LogP contribution >= 0.6 is 15.9 Å². The fraction of sp³-hybridized carbons (Fsp3) is 0.250. The van der Waals surface area contributed by atoms with E-state index < -0.39 is 0 Å². The molecule has 2 aromatic rings. The van der Waals surface area contributed by atoms with E-state index in [1.807, 2.05) is 18.2 Å². The summed E-state index contributed by atoms with van der Waals surface area (Å²) in [6.07, 6.45) is 0. The van der Waals surface area contributed by atoms with E-state index in [9.17, 15) is 10.1 Å². The van der Waals surface area contributed by atoms with Crippen LogP contribution < -0.4 is 14.4 Å². The van der Waals surface area contributed by atoms with Crippen molar-refractivity contribution in [1.82, 2.24) is 0 Å². The van der Waals surface area contributed by atoms with Crippen LogP contribution in [0.15, 0.2) is 40.9 Å². The number of methoxy groups -OCH3 is 1. The zero-order chi connectivity index (χ0) is 16.4. The summed E-state index contributed by atoms with van der Waals surface area (Å²) in [5.74, 6) is 1.43. The van der Waals surface area contributed by atoms with Gasteiger partial charge in [-0.3, -0.25) is 10.1 Å². The Morgan fingerprint density at radius 3 is 2.91 bits per heavy atom. The summed E-state index contributed by atoms with van der Waals surface area (Å²) in [5, 5.41) is 11.2. The molecule has 2 aromatic carbocycles. The molecule has 0 atom stereocenters. The van der Waals surface area contributed by atoms with Crippen molar-refractivity contribution >= 4 is 27.3 Å². The Hall–Kier alpha value is -2.28. The maximum atomic E-state index is 11.2. The first-order valence-corrected chi connectivity index (χ1v) is 7.87. The Morgan fingerprint density at radius 2 is 2.17 bits per heavy atom. The number of nitro groups is 1. The molecule has 1 aliphatic heterocycles. The van der Waals surface area contributed by atoms with Crippen LogP contribution in [-0.2, 0) is 6.54 Å². The molecule has 0 aromatic heterocycles. The van der Waals surface area contributed by atoms with E-state index in [0.29, 0.717) is 31.0 Å². The van der Waals surface area contributed by atoms with Gasteiger partial charge in [0.1, 0.15) is 18.1 Å². The van der Waals surface area contributed by atoms with Gasteiger partial charge in [0.25, 0.3) is 5.69 Å². The molecule has 0 saturated carbocycles. The molecule has 1 heterocycles. The molecule has 23 heavy (non-hydrogen) atoms. The summed E-state index contributed by atoms with van der Waals surface area (Å²) in [4.78, 5) is 12.9. The van der Waals surface area contributed by atoms with E-state index in [0.717, 1.165) is 15.9 Å². The average Bonchev–Trinajstić information content (AvgIpc) is 2.54. The summed E-state index contributed by atoms with van der Waals surface area (Å²) in [6.45, 7) is 1.63. The number of ether oxygens (including phenoxy) is 2. The normalized spacial score (nSPS) is 13.2. The van der Waals surface area contributed by atoms with Crippen molar-refractivity contribution in [2.45, 2.75) is 6.54 Å². The van der Waals surface area contributed by atoms with Crippen molar-refractivity contribution in [2.24, 2.45) is 0 Å². The molecule has 7 heteroatoms. The van der Waals surface area contributed by atoms with Gasteiger partial charge in [0, 0.05) is 30.3 Å². The molecule has 0 saturated heterocycles. The second-order valence-electron chi connectivity index (χ2n) is 5.11. The summed E-state index contributed by atoms with van der Waals surface area (Å²) in [7, 11) is 1.60. The molecule has 3 rings (SSSR count). The van der Waals surface area contributed by atoms with Gasteiger partial charge >= 0.3 is 0 Å². The van der Waals surface area contributed by atoms with Gasteiger partial charge in [-0.05, 0) is 15.9 Å². The second kappa shape index (κ2) is 6.45. The minimum atomic E-state index is -0.348. The van der Waals surface area contributed by atoms with Gasteiger partial charge in [-0.25, -0.2) is 0 Å². The first-order valence-electron chi connectivity index (χ1n) is 7.07. The molecule has 0 unspecified atom stereocenters. The van der Waals surface area contributed by atoms with E-state index >= 15 is 0 Å². The molecule has 0 N–H and O–H groups in total. The predicted molar refractivity (Wildman–Crippen MR) is 90.3 cm³/mol. The highest BCUT2D eigenvalue weighted by molar-refractivity contribution is 9.10. The van der Waals surface area contributed by atoms with Gasteiger partial charge in [0.15, 0.2) is 0 Å². The Labute approximate surface area is 141 Å². The molecule has 6 nitrogen and oxygen atoms in total. The highest BCUT2D eigenvalue weighted by atomic mass is 79.9. The second-order valence-corrected chi connectivity index (χ2v) is 5.96. The molecule has 0 fully saturated rings. The van der Waals surface area contributed by atoms with Gasteiger partial charge in [-0.1, -0.05) is 18.2 Å². The number of fused-ring (bicyclic) bond motifs is 1. The molecule has 0 radical (unpaired) electrons. The third kappa shape index (κ3) is 3.10. The van der Waals surface area contributed by atoms with Crippen LogP contribution in [0.5, 0.6) is 11.5 Å². The van der Waals surface area contributed by atoms with Gasteiger partial charge in [-0.15, -0.1) is 0 Å². The molecular formula is C16H15BrN2O4. The Kier molecular flexibility index (Phi) is 4.38. The molecule has 0 spiro atoms. The Morgan fingerprint density at radius 1 is 1.39 bits per heavy atom. The third-order valence-electron chi connectivity index (χ3n) is 3.74. The maximum absolute atomic E-state index is 11.2. The van der Waals surface area contributed by atoms with Gasteiger partial charge in [0.2, 0.25) is 0 Å². The molecule has 1 aliphatic rings. The molecule has 120 valence electrons. The third-order valence-corrected chi connectivity index (χ3v) is 4.36. The van der Waals surface area contributed by atoms with Crippen LogP contribution in [0.3, 0.4) is 0 Å². The lowest BCUT2D eigenvalue weighted by Crippen LogP contribution is -2.32. The lowest BCUT2D eigenvalue weighted by molar-refractivity contribution is -0.385. The average molecular weight is 379 g/mol. The van der Waals surface area contributed by atoms with E-state index in [1.54, 1.807) is 19.2 Å². The first-order chi connectivity index (χ1) is 11.1. The van der Waals surface area contributed by atoms with Crippen molar-refractivity contribution in [1.29, 1.82) is 0 Å². The number of rotatable bonds is 4. The smallest absolute Gasteiger partial charge is 0.274 e. The van der Waals surface area contributed by atoms with Crippen molar-refractivity contribution in [3.63, 3.8) is 0 Å². The number of halogens is 1. The highest BCUT2D eigenvalue weighted by Gasteiger charge is 2.23. The number of hydrogen-bond donors (Lipinski definition) is 0. The van der Waals surface area contributed by atoms with Gasteiger partial charge in [-0.2, -0.15) is 0 Å². The largest absolute Gasteiger partial charge is 0.495 e. The first kappa shape index (κ1) is 15.6. The summed E-state index contributed by atoms with van der Waals surface area (Å²) < 4.78 is 11.8. The lowest BCUT2D eigenvalue weighted by atomic mass is 10.1. The van der Waals surface area contributed by atoms with Crippen LogP contribution in [-0.4, -0.2) is 25.2 Å². The monoisotopic (exact) mass is 378 g/mol. The van der Waals surface area contributed by atoms with Crippen molar-refractivity contribution in [3.05, 3.63) is 56.5 Å². The predicted octanol–water partition coefficient (Wildman–Crippen LogP) is 3.76. The van der Waals surface area contributed by atoms with Gasteiger partial charge < -0.3 is 14.4 Å². The Balaban J connectivity index is 1.96. The van der Waals surface area contributed by atoms with E-state index in [4.69, 9.17) is 9.47 Å². The van der Waals surface area contributed by atoms with Crippen molar-refractivity contribution in [3.8, 4) is 11.5 Å². The van der Waals surface area contributed by atoms with Gasteiger partial charge in [0.05, 0.1) is 28.7 Å².